The predicted molar refractivity (Wildman–Crippen MR) is 172 cm³/mol. The summed E-state index contributed by atoms with van der Waals surface area (Å²) in [4.78, 5) is 25.3. The van der Waals surface area contributed by atoms with Crippen molar-refractivity contribution in [3.05, 3.63) is 11.6 Å². The molecule has 0 unspecified atom stereocenters. The zero-order chi connectivity index (χ0) is 34.5. The molecule has 0 aromatic heterocycles. The van der Waals surface area contributed by atoms with Gasteiger partial charge in [-0.25, -0.2) is 4.79 Å². The average molecular weight is 663 g/mol. The quantitative estimate of drug-likeness (QED) is 0.164. The summed E-state index contributed by atoms with van der Waals surface area (Å²) in [5, 5.41) is 53.5. The third kappa shape index (κ3) is 4.85. The fourth-order valence-corrected chi connectivity index (χ4v) is 12.3. The van der Waals surface area contributed by atoms with E-state index in [9.17, 15) is 35.1 Å². The zero-order valence-electron chi connectivity index (χ0n) is 29.3. The fourth-order valence-electron chi connectivity index (χ4n) is 12.3. The number of esters is 1. The van der Waals surface area contributed by atoms with E-state index in [4.69, 9.17) is 14.2 Å². The van der Waals surface area contributed by atoms with Crippen LogP contribution in [0, 0.1) is 50.2 Å². The van der Waals surface area contributed by atoms with Crippen LogP contribution in [-0.4, -0.2) is 88.0 Å². The van der Waals surface area contributed by atoms with Crippen LogP contribution in [0.3, 0.4) is 0 Å². The summed E-state index contributed by atoms with van der Waals surface area (Å²) < 4.78 is 16.8. The number of allylic oxidation sites excluding steroid dienone is 2. The van der Waals surface area contributed by atoms with E-state index in [0.717, 1.165) is 58.5 Å². The Morgan fingerprint density at radius 3 is 2.21 bits per heavy atom. The lowest BCUT2D eigenvalue weighted by molar-refractivity contribution is -0.327. The number of aliphatic carboxylic acids is 1. The number of aliphatic hydroxyl groups excluding tert-OH is 4. The molecule has 6 rings (SSSR count). The molecule has 6 aliphatic rings. The first-order chi connectivity index (χ1) is 21.8. The van der Waals surface area contributed by atoms with Crippen LogP contribution in [0.1, 0.15) is 106 Å². The molecule has 0 radical (unpaired) electrons. The second-order valence-electron chi connectivity index (χ2n) is 17.9. The van der Waals surface area contributed by atoms with Gasteiger partial charge in [0.05, 0.1) is 25.2 Å². The molecular weight excluding hydrogens is 604 g/mol. The molecule has 1 heterocycles. The summed E-state index contributed by atoms with van der Waals surface area (Å²) in [6, 6.07) is 0. The van der Waals surface area contributed by atoms with Gasteiger partial charge in [0.25, 0.3) is 0 Å². The van der Waals surface area contributed by atoms with Gasteiger partial charge in [-0.2, -0.15) is 0 Å². The Balaban J connectivity index is 1.30. The molecule has 5 aliphatic carbocycles. The van der Waals surface area contributed by atoms with Gasteiger partial charge in [-0.3, -0.25) is 4.79 Å². The van der Waals surface area contributed by atoms with Gasteiger partial charge in [0.15, 0.2) is 12.4 Å². The molecule has 47 heavy (non-hydrogen) atoms. The lowest BCUT2D eigenvalue weighted by atomic mass is 9.33. The maximum atomic E-state index is 13.0. The number of carbonyl (C=O) groups is 2. The molecule has 0 spiro atoms. The highest BCUT2D eigenvalue weighted by Gasteiger charge is 2.70. The summed E-state index contributed by atoms with van der Waals surface area (Å²) in [6.45, 7) is 13.7. The highest BCUT2D eigenvalue weighted by atomic mass is 16.7. The van der Waals surface area contributed by atoms with E-state index < -0.39 is 59.6 Å². The van der Waals surface area contributed by atoms with Crippen molar-refractivity contribution in [2.45, 2.75) is 143 Å². The predicted octanol–water partition coefficient (Wildman–Crippen LogP) is 4.21. The second-order valence-corrected chi connectivity index (χ2v) is 17.9. The SMILES string of the molecule is COC(=O)[C@H]1O[C@@H](O[C@H]2CC[C@@]3(C)[C@@H](CC[C@]4(C)[C@@H]3CC=C3[C@@H]5CC(C)(C)CC[C@]5(C(=O)O)CC[C@]34C)[C@]2(C)CO)[C@H](O)[C@@H](O)[C@@H]1O. The van der Waals surface area contributed by atoms with Gasteiger partial charge in [-0.05, 0) is 104 Å². The zero-order valence-corrected chi connectivity index (χ0v) is 29.3. The second kappa shape index (κ2) is 11.5. The number of hydrogen-bond donors (Lipinski definition) is 5. The molecule has 5 N–H and O–H groups in total. The van der Waals surface area contributed by atoms with Gasteiger partial charge in [0.2, 0.25) is 0 Å². The van der Waals surface area contributed by atoms with E-state index in [0.29, 0.717) is 18.8 Å². The summed E-state index contributed by atoms with van der Waals surface area (Å²) in [7, 11) is 1.16. The van der Waals surface area contributed by atoms with E-state index >= 15 is 0 Å². The molecule has 0 bridgehead atoms. The Morgan fingerprint density at radius 1 is 0.894 bits per heavy atom. The van der Waals surface area contributed by atoms with E-state index in [2.05, 4.69) is 40.7 Å². The Bertz CT molecular complexity index is 1300. The lowest BCUT2D eigenvalue weighted by Gasteiger charge is -2.71. The third-order valence-electron chi connectivity index (χ3n) is 15.4. The van der Waals surface area contributed by atoms with Gasteiger partial charge >= 0.3 is 11.9 Å². The summed E-state index contributed by atoms with van der Waals surface area (Å²) in [5.41, 5.74) is -0.212. The standard InChI is InChI=1S/C37H58O10/c1-32(2)14-16-37(31(43)44)17-15-35(5)20(21(37)18-32)8-9-23-33(3)12-11-24(34(4,19-38)22(33)10-13-36(23,35)6)46-30-27(41)25(39)26(40)28(47-30)29(42)45-7/h8,21-28,30,38-41H,9-19H2,1-7H3,(H,43,44)/t21-,22+,23+,24-,25-,26-,27+,28-,30+,33-,34-,35+,36+,37-/m0/s1. The van der Waals surface area contributed by atoms with Crippen LogP contribution in [0.5, 0.6) is 0 Å². The molecule has 14 atom stereocenters. The molecule has 1 aliphatic heterocycles. The number of fused-ring (bicyclic) bond motifs is 7. The van der Waals surface area contributed by atoms with Crippen LogP contribution in [0.25, 0.3) is 0 Å². The van der Waals surface area contributed by atoms with E-state index in [1.165, 1.54) is 5.57 Å². The van der Waals surface area contributed by atoms with Gasteiger partial charge in [0, 0.05) is 5.41 Å². The molecule has 4 saturated carbocycles. The smallest absolute Gasteiger partial charge is 0.337 e. The van der Waals surface area contributed by atoms with Crippen molar-refractivity contribution in [3.8, 4) is 0 Å². The summed E-state index contributed by atoms with van der Waals surface area (Å²) in [5.74, 6) is -1.06. The minimum Gasteiger partial charge on any atom is -0.481 e. The molecule has 5 fully saturated rings. The maximum Gasteiger partial charge on any atom is 0.337 e. The van der Waals surface area contributed by atoms with Gasteiger partial charge < -0.3 is 39.7 Å². The highest BCUT2D eigenvalue weighted by molar-refractivity contribution is 5.77. The van der Waals surface area contributed by atoms with Gasteiger partial charge in [0.1, 0.15) is 18.3 Å². The largest absolute Gasteiger partial charge is 0.481 e. The van der Waals surface area contributed by atoms with Crippen molar-refractivity contribution in [2.24, 2.45) is 50.2 Å². The minimum atomic E-state index is -1.67. The van der Waals surface area contributed by atoms with E-state index in [-0.39, 0.29) is 40.1 Å². The van der Waals surface area contributed by atoms with Crippen LogP contribution < -0.4 is 0 Å². The van der Waals surface area contributed by atoms with Crippen molar-refractivity contribution in [1.82, 2.24) is 0 Å². The lowest BCUT2D eigenvalue weighted by Crippen LogP contribution is -2.67. The molecule has 0 aromatic rings. The monoisotopic (exact) mass is 662 g/mol. The molecule has 0 aromatic carbocycles. The third-order valence-corrected chi connectivity index (χ3v) is 15.4. The molecule has 10 nitrogen and oxygen atoms in total. The van der Waals surface area contributed by atoms with Crippen LogP contribution in [0.2, 0.25) is 0 Å². The summed E-state index contributed by atoms with van der Waals surface area (Å²) >= 11 is 0. The molecule has 10 heteroatoms. The van der Waals surface area contributed by atoms with Crippen molar-refractivity contribution in [1.29, 1.82) is 0 Å². The van der Waals surface area contributed by atoms with Gasteiger partial charge in [-0.1, -0.05) is 53.2 Å². The van der Waals surface area contributed by atoms with Crippen molar-refractivity contribution in [3.63, 3.8) is 0 Å². The normalized spacial score (nSPS) is 52.1. The van der Waals surface area contributed by atoms with E-state index in [1.54, 1.807) is 0 Å². The Labute approximate surface area is 279 Å². The fraction of sp³-hybridized carbons (Fsp3) is 0.892. The first-order valence-electron chi connectivity index (χ1n) is 17.8. The Kier molecular flexibility index (Phi) is 8.62. The summed E-state index contributed by atoms with van der Waals surface area (Å²) in [6.07, 6.45) is 2.32. The molecule has 266 valence electrons. The van der Waals surface area contributed by atoms with Crippen molar-refractivity contribution in [2.75, 3.05) is 13.7 Å². The first-order valence-corrected chi connectivity index (χ1v) is 17.8. The number of carboxylic acid groups (broad SMARTS) is 1. The number of carboxylic acids is 1. The van der Waals surface area contributed by atoms with Crippen molar-refractivity contribution < 1.29 is 49.3 Å². The Hall–Kier alpha value is -1.56. The highest BCUT2D eigenvalue weighted by Crippen LogP contribution is 2.76. The van der Waals surface area contributed by atoms with Crippen LogP contribution >= 0.6 is 0 Å². The molecule has 0 amide bonds. The molecule has 1 saturated heterocycles. The van der Waals surface area contributed by atoms with Crippen molar-refractivity contribution >= 4 is 11.9 Å². The van der Waals surface area contributed by atoms with Crippen LogP contribution in [-0.2, 0) is 23.8 Å². The first kappa shape index (κ1) is 35.3. The maximum absolute atomic E-state index is 13.0. The van der Waals surface area contributed by atoms with Gasteiger partial charge in [-0.15, -0.1) is 0 Å². The molecular formula is C37H58O10. The number of ether oxygens (including phenoxy) is 3. The number of hydrogen-bond acceptors (Lipinski definition) is 9. The Morgan fingerprint density at radius 2 is 1.57 bits per heavy atom. The number of aliphatic hydroxyl groups is 4. The number of rotatable bonds is 5. The van der Waals surface area contributed by atoms with Crippen LogP contribution in [0.4, 0.5) is 0 Å². The van der Waals surface area contributed by atoms with E-state index in [1.807, 2.05) is 6.92 Å². The average Bonchev–Trinajstić information content (AvgIpc) is 3.02. The number of carbonyl (C=O) groups excluding carboxylic acids is 1. The number of methoxy groups -OCH3 is 1. The topological polar surface area (TPSA) is 163 Å². The minimum absolute atomic E-state index is 0.0438. The van der Waals surface area contributed by atoms with Crippen LogP contribution in [0.15, 0.2) is 11.6 Å².